The summed E-state index contributed by atoms with van der Waals surface area (Å²) in [5.41, 5.74) is -1.57. The standard InChI is InChI=1S/C22H36O4/c1-7-20(5)13-22(25)12-9-15-19(3,4)10-8-11-21(15,6)17(22)16(18(20)24)26-14(2)23/h7,15-18,24-25H,1,8-13H2,2-6H3/t15-,16-,17+,18+,20+,21-,22+/m0/s1. The molecule has 0 aromatic carbocycles. The van der Waals surface area contributed by atoms with Crippen molar-refractivity contribution < 1.29 is 19.7 Å². The van der Waals surface area contributed by atoms with Crippen LogP contribution in [0, 0.1) is 28.1 Å². The molecule has 2 N–H and O–H groups in total. The van der Waals surface area contributed by atoms with E-state index in [2.05, 4.69) is 27.4 Å². The van der Waals surface area contributed by atoms with Gasteiger partial charge in [0.1, 0.15) is 12.2 Å². The Morgan fingerprint density at radius 3 is 2.42 bits per heavy atom. The third-order valence-corrected chi connectivity index (χ3v) is 8.20. The van der Waals surface area contributed by atoms with E-state index in [0.717, 1.165) is 19.3 Å². The highest BCUT2D eigenvalue weighted by atomic mass is 16.6. The van der Waals surface area contributed by atoms with E-state index in [1.165, 1.54) is 13.3 Å². The van der Waals surface area contributed by atoms with Gasteiger partial charge in [-0.05, 0) is 48.9 Å². The van der Waals surface area contributed by atoms with Crippen molar-refractivity contribution in [1.29, 1.82) is 0 Å². The van der Waals surface area contributed by atoms with Crippen molar-refractivity contribution in [3.05, 3.63) is 12.7 Å². The number of fused-ring (bicyclic) bond motifs is 3. The van der Waals surface area contributed by atoms with Crippen LogP contribution in [0.5, 0.6) is 0 Å². The first-order valence-corrected chi connectivity index (χ1v) is 10.1. The normalized spacial score (nSPS) is 50.3. The molecule has 7 atom stereocenters. The lowest BCUT2D eigenvalue weighted by Gasteiger charge is -2.66. The predicted molar refractivity (Wildman–Crippen MR) is 101 cm³/mol. The molecule has 3 aliphatic rings. The zero-order valence-corrected chi connectivity index (χ0v) is 17.0. The third-order valence-electron chi connectivity index (χ3n) is 8.20. The number of carbonyl (C=O) groups is 1. The quantitative estimate of drug-likeness (QED) is 0.577. The van der Waals surface area contributed by atoms with Crippen molar-refractivity contribution in [3.8, 4) is 0 Å². The van der Waals surface area contributed by atoms with E-state index in [1.807, 2.05) is 6.92 Å². The Hall–Kier alpha value is -0.870. The molecule has 0 aromatic heterocycles. The second-order valence-electron chi connectivity index (χ2n) is 10.4. The number of aliphatic hydroxyl groups excluding tert-OH is 1. The highest BCUT2D eigenvalue weighted by Gasteiger charge is 2.67. The van der Waals surface area contributed by atoms with Gasteiger partial charge in [0.2, 0.25) is 0 Å². The molecule has 26 heavy (non-hydrogen) atoms. The third kappa shape index (κ3) is 2.75. The molecule has 0 saturated heterocycles. The molecular weight excluding hydrogens is 328 g/mol. The maximum absolute atomic E-state index is 11.9. The van der Waals surface area contributed by atoms with Gasteiger partial charge in [-0.3, -0.25) is 4.79 Å². The summed E-state index contributed by atoms with van der Waals surface area (Å²) in [5.74, 6) is -0.196. The van der Waals surface area contributed by atoms with E-state index in [-0.39, 0.29) is 16.7 Å². The minimum Gasteiger partial charge on any atom is -0.459 e. The van der Waals surface area contributed by atoms with E-state index in [4.69, 9.17) is 4.74 Å². The summed E-state index contributed by atoms with van der Waals surface area (Å²) in [6.45, 7) is 14.1. The summed E-state index contributed by atoms with van der Waals surface area (Å²) >= 11 is 0. The van der Waals surface area contributed by atoms with Gasteiger partial charge in [-0.1, -0.05) is 40.2 Å². The van der Waals surface area contributed by atoms with Crippen molar-refractivity contribution in [2.24, 2.45) is 28.1 Å². The molecule has 4 nitrogen and oxygen atoms in total. The van der Waals surface area contributed by atoms with E-state index >= 15 is 0 Å². The first-order valence-electron chi connectivity index (χ1n) is 10.1. The van der Waals surface area contributed by atoms with Crippen molar-refractivity contribution in [1.82, 2.24) is 0 Å². The molecule has 148 valence electrons. The lowest BCUT2D eigenvalue weighted by molar-refractivity contribution is -0.269. The van der Waals surface area contributed by atoms with Gasteiger partial charge < -0.3 is 14.9 Å². The van der Waals surface area contributed by atoms with Gasteiger partial charge in [-0.15, -0.1) is 6.58 Å². The Balaban J connectivity index is 2.11. The molecule has 0 heterocycles. The van der Waals surface area contributed by atoms with Gasteiger partial charge in [0.25, 0.3) is 0 Å². The molecular formula is C22H36O4. The van der Waals surface area contributed by atoms with E-state index in [1.54, 1.807) is 6.08 Å². The van der Waals surface area contributed by atoms with Gasteiger partial charge in [0, 0.05) is 18.3 Å². The first kappa shape index (κ1) is 19.9. The lowest BCUT2D eigenvalue weighted by Crippen LogP contribution is -2.70. The fourth-order valence-corrected chi connectivity index (χ4v) is 7.14. The molecule has 0 spiro atoms. The molecule has 0 aliphatic heterocycles. The van der Waals surface area contributed by atoms with Crippen LogP contribution in [0.15, 0.2) is 12.7 Å². The Labute approximate surface area is 158 Å². The fourth-order valence-electron chi connectivity index (χ4n) is 7.14. The highest BCUT2D eigenvalue weighted by molar-refractivity contribution is 5.66. The number of aliphatic hydroxyl groups is 2. The average Bonchev–Trinajstić information content (AvgIpc) is 2.50. The van der Waals surface area contributed by atoms with E-state index in [9.17, 15) is 15.0 Å². The molecule has 4 heteroatoms. The maximum Gasteiger partial charge on any atom is 0.303 e. The van der Waals surface area contributed by atoms with Crippen LogP contribution in [-0.2, 0) is 9.53 Å². The average molecular weight is 365 g/mol. The van der Waals surface area contributed by atoms with Gasteiger partial charge in [-0.25, -0.2) is 0 Å². The second kappa shape index (κ2) is 6.07. The number of hydrogen-bond acceptors (Lipinski definition) is 4. The van der Waals surface area contributed by atoms with Gasteiger partial charge in [-0.2, -0.15) is 0 Å². The number of ether oxygens (including phenoxy) is 1. The minimum absolute atomic E-state index is 0.154. The van der Waals surface area contributed by atoms with Crippen LogP contribution in [0.3, 0.4) is 0 Å². The summed E-state index contributed by atoms with van der Waals surface area (Å²) in [6.07, 6.45) is 5.60. The zero-order chi connectivity index (χ0) is 19.5. The Kier molecular flexibility index (Phi) is 4.64. The molecule has 3 rings (SSSR count). The Bertz CT molecular complexity index is 599. The molecule has 0 radical (unpaired) electrons. The number of rotatable bonds is 2. The summed E-state index contributed by atoms with van der Waals surface area (Å²) in [6, 6.07) is 0. The number of carbonyl (C=O) groups excluding carboxylic acids is 1. The van der Waals surface area contributed by atoms with Crippen molar-refractivity contribution in [2.45, 2.75) is 91.0 Å². The summed E-state index contributed by atoms with van der Waals surface area (Å²) in [7, 11) is 0. The maximum atomic E-state index is 11.9. The molecule has 0 unspecified atom stereocenters. The Morgan fingerprint density at radius 1 is 1.19 bits per heavy atom. The van der Waals surface area contributed by atoms with E-state index < -0.39 is 29.2 Å². The summed E-state index contributed by atoms with van der Waals surface area (Å²) in [4.78, 5) is 11.9. The molecule has 3 aliphatic carbocycles. The van der Waals surface area contributed by atoms with Gasteiger partial charge in [0.15, 0.2) is 0 Å². The van der Waals surface area contributed by atoms with Crippen molar-refractivity contribution in [2.75, 3.05) is 0 Å². The topological polar surface area (TPSA) is 66.8 Å². The number of hydrogen-bond donors (Lipinski definition) is 2. The van der Waals surface area contributed by atoms with Crippen LogP contribution >= 0.6 is 0 Å². The molecule has 0 aromatic rings. The second-order valence-corrected chi connectivity index (χ2v) is 10.4. The fraction of sp³-hybridized carbons (Fsp3) is 0.864. The molecule has 3 fully saturated rings. The van der Waals surface area contributed by atoms with Gasteiger partial charge in [0.05, 0.1) is 5.60 Å². The smallest absolute Gasteiger partial charge is 0.303 e. The van der Waals surface area contributed by atoms with Crippen molar-refractivity contribution >= 4 is 5.97 Å². The Morgan fingerprint density at radius 2 is 1.85 bits per heavy atom. The zero-order valence-electron chi connectivity index (χ0n) is 17.0. The van der Waals surface area contributed by atoms with Crippen LogP contribution in [-0.4, -0.2) is 34.0 Å². The van der Waals surface area contributed by atoms with Crippen LogP contribution < -0.4 is 0 Å². The minimum atomic E-state index is -0.943. The molecule has 3 saturated carbocycles. The molecule has 0 amide bonds. The van der Waals surface area contributed by atoms with Crippen LogP contribution in [0.2, 0.25) is 0 Å². The van der Waals surface area contributed by atoms with Crippen LogP contribution in [0.1, 0.15) is 73.1 Å². The van der Waals surface area contributed by atoms with E-state index in [0.29, 0.717) is 18.8 Å². The van der Waals surface area contributed by atoms with Crippen LogP contribution in [0.25, 0.3) is 0 Å². The number of esters is 1. The highest BCUT2D eigenvalue weighted by Crippen LogP contribution is 2.66. The van der Waals surface area contributed by atoms with Crippen molar-refractivity contribution in [3.63, 3.8) is 0 Å². The monoisotopic (exact) mass is 364 g/mol. The summed E-state index contributed by atoms with van der Waals surface area (Å²) < 4.78 is 5.72. The van der Waals surface area contributed by atoms with Crippen LogP contribution in [0.4, 0.5) is 0 Å². The predicted octanol–water partition coefficient (Wildman–Crippen LogP) is 3.85. The largest absolute Gasteiger partial charge is 0.459 e. The lowest BCUT2D eigenvalue weighted by atomic mass is 9.41. The van der Waals surface area contributed by atoms with Gasteiger partial charge >= 0.3 is 5.97 Å². The summed E-state index contributed by atoms with van der Waals surface area (Å²) in [5, 5.41) is 22.9. The first-order chi connectivity index (χ1) is 11.9. The molecule has 0 bridgehead atoms. The SMILES string of the molecule is C=C[C@]1(C)C[C@]2(O)CC[C@H]3C(C)(C)CCC[C@]3(C)[C@H]2[C@H](OC(C)=O)[C@H]1O.